The van der Waals surface area contributed by atoms with Crippen LogP contribution in [-0.4, -0.2) is 22.8 Å². The van der Waals surface area contributed by atoms with E-state index in [9.17, 15) is 4.79 Å². The second-order valence-electron chi connectivity index (χ2n) is 3.24. The van der Waals surface area contributed by atoms with Crippen molar-refractivity contribution < 1.29 is 4.79 Å². The number of amides is 1. The van der Waals surface area contributed by atoms with E-state index in [4.69, 9.17) is 0 Å². The van der Waals surface area contributed by atoms with Gasteiger partial charge < -0.3 is 5.32 Å². The van der Waals surface area contributed by atoms with Gasteiger partial charge in [-0.2, -0.15) is 0 Å². The third kappa shape index (κ3) is 1.79. The lowest BCUT2D eigenvalue weighted by Crippen LogP contribution is -2.28. The van der Waals surface area contributed by atoms with Crippen molar-refractivity contribution >= 4 is 11.7 Å². The first-order chi connectivity index (χ1) is 6.75. The van der Waals surface area contributed by atoms with Crippen LogP contribution in [0.4, 0.5) is 0 Å². The Labute approximate surface area is 82.1 Å². The Morgan fingerprint density at radius 3 is 2.93 bits per heavy atom. The summed E-state index contributed by atoms with van der Waals surface area (Å²) in [5, 5.41) is 2.72. The summed E-state index contributed by atoms with van der Waals surface area (Å²) in [5.41, 5.74) is 0.917. The summed E-state index contributed by atoms with van der Waals surface area (Å²) in [6, 6.07) is 5.44. The predicted octanol–water partition coefficient (Wildman–Crippen LogP) is 0.541. The van der Waals surface area contributed by atoms with Gasteiger partial charge in [0.15, 0.2) is 0 Å². The van der Waals surface area contributed by atoms with Crippen molar-refractivity contribution in [2.75, 3.05) is 0 Å². The Morgan fingerprint density at radius 2 is 2.36 bits per heavy atom. The van der Waals surface area contributed by atoms with Crippen molar-refractivity contribution in [3.8, 4) is 0 Å². The average molecular weight is 189 g/mol. The lowest BCUT2D eigenvalue weighted by molar-refractivity contribution is -0.119. The molecule has 2 heterocycles. The fourth-order valence-corrected chi connectivity index (χ4v) is 1.34. The second-order valence-corrected chi connectivity index (χ2v) is 3.24. The molecular weight excluding hydrogens is 178 g/mol. The molecule has 0 saturated heterocycles. The first-order valence-corrected chi connectivity index (χ1v) is 4.53. The third-order valence-electron chi connectivity index (χ3n) is 2.07. The molecule has 0 aromatic carbocycles. The summed E-state index contributed by atoms with van der Waals surface area (Å²) in [7, 11) is 0. The fourth-order valence-electron chi connectivity index (χ4n) is 1.34. The minimum absolute atomic E-state index is 0.0315. The second kappa shape index (κ2) is 3.57. The molecule has 1 aromatic heterocycles. The fraction of sp³-hybridized carbons (Fsp3) is 0.300. The van der Waals surface area contributed by atoms with Crippen LogP contribution in [-0.2, 0) is 11.2 Å². The number of pyridine rings is 1. The molecule has 1 aromatic rings. The molecule has 1 N–H and O–H groups in total. The highest BCUT2D eigenvalue weighted by molar-refractivity contribution is 6.06. The molecule has 0 aliphatic carbocycles. The van der Waals surface area contributed by atoms with Crippen molar-refractivity contribution in [3.05, 3.63) is 30.1 Å². The number of carbonyl (C=O) groups is 1. The minimum atomic E-state index is -0.256. The number of aromatic nitrogens is 1. The van der Waals surface area contributed by atoms with Crippen LogP contribution in [0, 0.1) is 0 Å². The molecule has 0 bridgehead atoms. The Kier molecular flexibility index (Phi) is 2.26. The number of nitrogens with zero attached hydrogens (tertiary/aromatic N) is 2. The van der Waals surface area contributed by atoms with Crippen molar-refractivity contribution in [2.45, 2.75) is 19.4 Å². The van der Waals surface area contributed by atoms with Gasteiger partial charge in [0.05, 0.1) is 0 Å². The zero-order valence-electron chi connectivity index (χ0n) is 7.90. The Hall–Kier alpha value is -1.71. The van der Waals surface area contributed by atoms with Gasteiger partial charge in [-0.3, -0.25) is 14.8 Å². The summed E-state index contributed by atoms with van der Waals surface area (Å²) < 4.78 is 0. The molecule has 1 amide bonds. The summed E-state index contributed by atoms with van der Waals surface area (Å²) in [5.74, 6) is 0.678. The smallest absolute Gasteiger partial charge is 0.249 e. The molecule has 1 aliphatic heterocycles. The summed E-state index contributed by atoms with van der Waals surface area (Å²) in [6.45, 7) is 1.78. The molecule has 2 rings (SSSR count). The summed E-state index contributed by atoms with van der Waals surface area (Å²) >= 11 is 0. The van der Waals surface area contributed by atoms with Crippen LogP contribution in [0.25, 0.3) is 0 Å². The van der Waals surface area contributed by atoms with E-state index in [1.54, 1.807) is 13.1 Å². The zero-order chi connectivity index (χ0) is 9.97. The van der Waals surface area contributed by atoms with Crippen LogP contribution in [0.5, 0.6) is 0 Å². The van der Waals surface area contributed by atoms with Crippen molar-refractivity contribution in [2.24, 2.45) is 4.99 Å². The number of hydrogen-bond donors (Lipinski definition) is 1. The normalized spacial score (nSPS) is 20.5. The largest absolute Gasteiger partial charge is 0.312 e. The predicted molar refractivity (Wildman–Crippen MR) is 53.0 cm³/mol. The Bertz CT molecular complexity index is 372. The first kappa shape index (κ1) is 8.87. The van der Waals surface area contributed by atoms with Gasteiger partial charge in [-0.25, -0.2) is 0 Å². The topological polar surface area (TPSA) is 54.4 Å². The van der Waals surface area contributed by atoms with Crippen molar-refractivity contribution in [3.63, 3.8) is 0 Å². The number of aliphatic imine (C=N–C) groups is 1. The van der Waals surface area contributed by atoms with Gasteiger partial charge in [0.1, 0.15) is 11.9 Å². The number of nitrogens with one attached hydrogen (secondary N) is 1. The van der Waals surface area contributed by atoms with Gasteiger partial charge in [0, 0.05) is 18.3 Å². The Morgan fingerprint density at radius 1 is 1.50 bits per heavy atom. The highest BCUT2D eigenvalue weighted by atomic mass is 16.2. The van der Waals surface area contributed by atoms with E-state index in [1.807, 2.05) is 18.2 Å². The van der Waals surface area contributed by atoms with Crippen LogP contribution in [0.3, 0.4) is 0 Å². The van der Waals surface area contributed by atoms with Gasteiger partial charge in [0.2, 0.25) is 5.91 Å². The van der Waals surface area contributed by atoms with Crippen LogP contribution in [0.1, 0.15) is 12.6 Å². The molecule has 0 spiro atoms. The van der Waals surface area contributed by atoms with E-state index < -0.39 is 0 Å². The number of rotatable bonds is 2. The maximum absolute atomic E-state index is 11.1. The molecule has 4 nitrogen and oxygen atoms in total. The SMILES string of the molecule is CC1N=C(Cc2ccccn2)NC1=O. The summed E-state index contributed by atoms with van der Waals surface area (Å²) in [6.07, 6.45) is 2.33. The molecule has 0 radical (unpaired) electrons. The standard InChI is InChI=1S/C10H11N3O/c1-7-10(14)13-9(12-7)6-8-4-2-3-5-11-8/h2-5,7H,6H2,1H3,(H,12,13,14). The van der Waals surface area contributed by atoms with E-state index in [0.717, 1.165) is 5.69 Å². The molecule has 4 heteroatoms. The highest BCUT2D eigenvalue weighted by Crippen LogP contribution is 2.03. The lowest BCUT2D eigenvalue weighted by atomic mass is 10.2. The molecule has 1 atom stereocenters. The number of carbonyl (C=O) groups excluding carboxylic acids is 1. The van der Waals surface area contributed by atoms with Crippen LogP contribution in [0.2, 0.25) is 0 Å². The van der Waals surface area contributed by atoms with E-state index in [-0.39, 0.29) is 11.9 Å². The lowest BCUT2D eigenvalue weighted by Gasteiger charge is -1.99. The van der Waals surface area contributed by atoms with Crippen LogP contribution >= 0.6 is 0 Å². The third-order valence-corrected chi connectivity index (χ3v) is 2.07. The van der Waals surface area contributed by atoms with Crippen LogP contribution in [0.15, 0.2) is 29.4 Å². The number of amidine groups is 1. The van der Waals surface area contributed by atoms with E-state index in [1.165, 1.54) is 0 Å². The monoisotopic (exact) mass is 189 g/mol. The zero-order valence-corrected chi connectivity index (χ0v) is 7.90. The van der Waals surface area contributed by atoms with Gasteiger partial charge in [0.25, 0.3) is 0 Å². The molecule has 0 fully saturated rings. The molecule has 14 heavy (non-hydrogen) atoms. The van der Waals surface area contributed by atoms with Gasteiger partial charge in [-0.1, -0.05) is 6.07 Å². The van der Waals surface area contributed by atoms with Crippen molar-refractivity contribution in [1.29, 1.82) is 0 Å². The maximum Gasteiger partial charge on any atom is 0.249 e. The molecular formula is C10H11N3O. The van der Waals surface area contributed by atoms with Gasteiger partial charge in [-0.05, 0) is 19.1 Å². The average Bonchev–Trinajstić information content (AvgIpc) is 2.47. The minimum Gasteiger partial charge on any atom is -0.312 e. The van der Waals surface area contributed by atoms with Gasteiger partial charge >= 0.3 is 0 Å². The molecule has 1 unspecified atom stereocenters. The molecule has 0 saturated carbocycles. The highest BCUT2D eigenvalue weighted by Gasteiger charge is 2.21. The quantitative estimate of drug-likeness (QED) is 0.738. The maximum atomic E-state index is 11.1. The molecule has 1 aliphatic rings. The van der Waals surface area contributed by atoms with E-state index in [2.05, 4.69) is 15.3 Å². The van der Waals surface area contributed by atoms with Crippen LogP contribution < -0.4 is 5.32 Å². The van der Waals surface area contributed by atoms with Crippen molar-refractivity contribution in [1.82, 2.24) is 10.3 Å². The van der Waals surface area contributed by atoms with E-state index in [0.29, 0.717) is 12.3 Å². The number of hydrogen-bond acceptors (Lipinski definition) is 3. The Balaban J connectivity index is 2.07. The molecule has 72 valence electrons. The first-order valence-electron chi connectivity index (χ1n) is 4.53. The van der Waals surface area contributed by atoms with Gasteiger partial charge in [-0.15, -0.1) is 0 Å². The summed E-state index contributed by atoms with van der Waals surface area (Å²) in [4.78, 5) is 19.5. The van der Waals surface area contributed by atoms with E-state index >= 15 is 0 Å².